The van der Waals surface area contributed by atoms with E-state index in [-0.39, 0.29) is 6.10 Å². The van der Waals surface area contributed by atoms with Gasteiger partial charge in [-0.2, -0.15) is 0 Å². The monoisotopic (exact) mass is 232 g/mol. The van der Waals surface area contributed by atoms with Crippen LogP contribution in [0.4, 0.5) is 5.69 Å². The number of aryl methyl sites for hydroxylation is 1. The van der Waals surface area contributed by atoms with E-state index in [1.54, 1.807) is 0 Å². The van der Waals surface area contributed by atoms with Crippen LogP contribution in [0.5, 0.6) is 0 Å². The van der Waals surface area contributed by atoms with Crippen molar-refractivity contribution in [3.05, 3.63) is 30.5 Å². The van der Waals surface area contributed by atoms with E-state index >= 15 is 0 Å². The Kier molecular flexibility index (Phi) is 3.69. The normalized spacial score (nSPS) is 12.9. The minimum Gasteiger partial charge on any atom is -0.393 e. The van der Waals surface area contributed by atoms with Crippen LogP contribution in [0.25, 0.3) is 10.9 Å². The molecule has 0 amide bonds. The Morgan fingerprint density at radius 1 is 1.35 bits per heavy atom. The van der Waals surface area contributed by atoms with Crippen molar-refractivity contribution in [3.8, 4) is 0 Å². The molecule has 1 unspecified atom stereocenters. The van der Waals surface area contributed by atoms with Crippen LogP contribution >= 0.6 is 0 Å². The van der Waals surface area contributed by atoms with E-state index in [1.807, 2.05) is 6.92 Å². The highest BCUT2D eigenvalue weighted by Crippen LogP contribution is 2.19. The van der Waals surface area contributed by atoms with Crippen LogP contribution in [0.1, 0.15) is 19.8 Å². The second-order valence-corrected chi connectivity index (χ2v) is 4.62. The number of anilines is 1. The molecule has 0 saturated carbocycles. The Bertz CT molecular complexity index is 488. The molecule has 0 aliphatic heterocycles. The van der Waals surface area contributed by atoms with E-state index in [0.717, 1.165) is 25.1 Å². The second kappa shape index (κ2) is 5.23. The standard InChI is InChI=1S/C14H20N2O/c1-11(17)4-3-8-15-13-5-6-14-12(10-13)7-9-16(14)2/h5-7,9-11,15,17H,3-4,8H2,1-2H3. The average molecular weight is 232 g/mol. The summed E-state index contributed by atoms with van der Waals surface area (Å²) in [5.74, 6) is 0. The molecule has 0 radical (unpaired) electrons. The zero-order valence-electron chi connectivity index (χ0n) is 10.5. The first-order valence-corrected chi connectivity index (χ1v) is 6.14. The largest absolute Gasteiger partial charge is 0.393 e. The lowest BCUT2D eigenvalue weighted by Crippen LogP contribution is -2.06. The molecule has 92 valence electrons. The lowest BCUT2D eigenvalue weighted by molar-refractivity contribution is 0.183. The molecular weight excluding hydrogens is 212 g/mol. The highest BCUT2D eigenvalue weighted by molar-refractivity contribution is 5.83. The Morgan fingerprint density at radius 2 is 2.18 bits per heavy atom. The summed E-state index contributed by atoms with van der Waals surface area (Å²) in [6, 6.07) is 8.52. The Balaban J connectivity index is 1.95. The summed E-state index contributed by atoms with van der Waals surface area (Å²) in [5.41, 5.74) is 2.40. The highest BCUT2D eigenvalue weighted by atomic mass is 16.3. The van der Waals surface area contributed by atoms with Crippen LogP contribution in [0, 0.1) is 0 Å². The third kappa shape index (κ3) is 3.01. The summed E-state index contributed by atoms with van der Waals surface area (Å²) < 4.78 is 2.12. The Labute approximate surface area is 102 Å². The SMILES string of the molecule is CC(O)CCCNc1ccc2c(ccn2C)c1. The van der Waals surface area contributed by atoms with Gasteiger partial charge in [-0.1, -0.05) is 0 Å². The van der Waals surface area contributed by atoms with Crippen molar-refractivity contribution in [2.24, 2.45) is 7.05 Å². The maximum atomic E-state index is 9.16. The maximum absolute atomic E-state index is 9.16. The highest BCUT2D eigenvalue weighted by Gasteiger charge is 2.00. The number of benzene rings is 1. The molecular formula is C14H20N2O. The van der Waals surface area contributed by atoms with Gasteiger partial charge in [0.2, 0.25) is 0 Å². The minimum absolute atomic E-state index is 0.201. The van der Waals surface area contributed by atoms with Crippen LogP contribution in [-0.2, 0) is 7.05 Å². The van der Waals surface area contributed by atoms with E-state index in [0.29, 0.717) is 0 Å². The topological polar surface area (TPSA) is 37.2 Å². The lowest BCUT2D eigenvalue weighted by atomic mass is 10.2. The molecule has 1 heterocycles. The second-order valence-electron chi connectivity index (χ2n) is 4.62. The van der Waals surface area contributed by atoms with Crippen molar-refractivity contribution in [2.75, 3.05) is 11.9 Å². The van der Waals surface area contributed by atoms with Gasteiger partial charge in [-0.15, -0.1) is 0 Å². The maximum Gasteiger partial charge on any atom is 0.0512 e. The van der Waals surface area contributed by atoms with E-state index < -0.39 is 0 Å². The molecule has 1 aromatic heterocycles. The molecule has 0 spiro atoms. The van der Waals surface area contributed by atoms with Crippen molar-refractivity contribution < 1.29 is 5.11 Å². The van der Waals surface area contributed by atoms with Crippen molar-refractivity contribution in [1.82, 2.24) is 4.57 Å². The molecule has 3 heteroatoms. The molecule has 3 nitrogen and oxygen atoms in total. The van der Waals surface area contributed by atoms with Crippen LogP contribution < -0.4 is 5.32 Å². The first-order valence-electron chi connectivity index (χ1n) is 6.14. The average Bonchev–Trinajstić information content (AvgIpc) is 2.66. The number of aliphatic hydroxyl groups excluding tert-OH is 1. The molecule has 17 heavy (non-hydrogen) atoms. The van der Waals surface area contributed by atoms with E-state index in [2.05, 4.69) is 47.4 Å². The molecule has 1 aromatic carbocycles. The Morgan fingerprint density at radius 3 is 2.94 bits per heavy atom. The zero-order chi connectivity index (χ0) is 12.3. The summed E-state index contributed by atoms with van der Waals surface area (Å²) in [5, 5.41) is 13.8. The number of hydrogen-bond donors (Lipinski definition) is 2. The molecule has 0 aliphatic carbocycles. The predicted octanol–water partition coefficient (Wildman–Crippen LogP) is 2.75. The number of nitrogens with zero attached hydrogens (tertiary/aromatic N) is 1. The molecule has 0 aliphatic rings. The van der Waals surface area contributed by atoms with E-state index in [9.17, 15) is 0 Å². The molecule has 0 bridgehead atoms. The number of aliphatic hydroxyl groups is 1. The van der Waals surface area contributed by atoms with Gasteiger partial charge < -0.3 is 15.0 Å². The van der Waals surface area contributed by atoms with E-state index in [4.69, 9.17) is 5.11 Å². The molecule has 2 aromatic rings. The van der Waals surface area contributed by atoms with Crippen LogP contribution in [0.2, 0.25) is 0 Å². The van der Waals surface area contributed by atoms with Gasteiger partial charge in [-0.3, -0.25) is 0 Å². The van der Waals surface area contributed by atoms with Crippen LogP contribution in [0.15, 0.2) is 30.5 Å². The molecule has 1 atom stereocenters. The van der Waals surface area contributed by atoms with E-state index in [1.165, 1.54) is 10.9 Å². The quantitative estimate of drug-likeness (QED) is 0.778. The van der Waals surface area contributed by atoms with Gasteiger partial charge in [-0.25, -0.2) is 0 Å². The number of hydrogen-bond acceptors (Lipinski definition) is 2. The van der Waals surface area contributed by atoms with Gasteiger partial charge in [0.15, 0.2) is 0 Å². The first-order chi connectivity index (χ1) is 8.16. The summed E-state index contributed by atoms with van der Waals surface area (Å²) in [7, 11) is 2.05. The molecule has 2 rings (SSSR count). The van der Waals surface area contributed by atoms with Gasteiger partial charge in [0, 0.05) is 36.4 Å². The molecule has 2 N–H and O–H groups in total. The minimum atomic E-state index is -0.201. The zero-order valence-corrected chi connectivity index (χ0v) is 10.5. The van der Waals surface area contributed by atoms with Crippen molar-refractivity contribution >= 4 is 16.6 Å². The summed E-state index contributed by atoms with van der Waals surface area (Å²) in [6.07, 6.45) is 3.71. The fourth-order valence-corrected chi connectivity index (χ4v) is 2.02. The fraction of sp³-hybridized carbons (Fsp3) is 0.429. The smallest absolute Gasteiger partial charge is 0.0512 e. The van der Waals surface area contributed by atoms with Crippen molar-refractivity contribution in [1.29, 1.82) is 0 Å². The lowest BCUT2D eigenvalue weighted by Gasteiger charge is -2.08. The van der Waals surface area contributed by atoms with Crippen molar-refractivity contribution in [3.63, 3.8) is 0 Å². The predicted molar refractivity (Wildman–Crippen MR) is 72.3 cm³/mol. The molecule has 0 saturated heterocycles. The van der Waals surface area contributed by atoms with Gasteiger partial charge in [0.25, 0.3) is 0 Å². The third-order valence-electron chi connectivity index (χ3n) is 3.01. The summed E-state index contributed by atoms with van der Waals surface area (Å²) in [6.45, 7) is 2.74. The summed E-state index contributed by atoms with van der Waals surface area (Å²) >= 11 is 0. The van der Waals surface area contributed by atoms with Gasteiger partial charge >= 0.3 is 0 Å². The number of fused-ring (bicyclic) bond motifs is 1. The van der Waals surface area contributed by atoms with Gasteiger partial charge in [-0.05, 0) is 44.0 Å². The van der Waals surface area contributed by atoms with Crippen LogP contribution in [-0.4, -0.2) is 22.3 Å². The Hall–Kier alpha value is -1.48. The third-order valence-corrected chi connectivity index (χ3v) is 3.01. The van der Waals surface area contributed by atoms with Gasteiger partial charge in [0.1, 0.15) is 0 Å². The molecule has 0 fully saturated rings. The first kappa shape index (κ1) is 12.0. The van der Waals surface area contributed by atoms with Crippen LogP contribution in [0.3, 0.4) is 0 Å². The number of nitrogens with one attached hydrogen (secondary N) is 1. The summed E-state index contributed by atoms with van der Waals surface area (Å²) in [4.78, 5) is 0. The fourth-order valence-electron chi connectivity index (χ4n) is 2.02. The van der Waals surface area contributed by atoms with Crippen molar-refractivity contribution in [2.45, 2.75) is 25.9 Å². The number of aromatic nitrogens is 1. The van der Waals surface area contributed by atoms with Gasteiger partial charge in [0.05, 0.1) is 6.10 Å². The number of rotatable bonds is 5.